The molecule has 0 radical (unpaired) electrons. The van der Waals surface area contributed by atoms with Crippen LogP contribution in [-0.4, -0.2) is 75.9 Å². The van der Waals surface area contributed by atoms with Gasteiger partial charge in [0.25, 0.3) is 5.91 Å². The number of methoxy groups -OCH3 is 2. The lowest BCUT2D eigenvalue weighted by atomic mass is 10.1. The predicted octanol–water partition coefficient (Wildman–Crippen LogP) is 3.02. The van der Waals surface area contributed by atoms with E-state index in [2.05, 4.69) is 10.2 Å². The predicted molar refractivity (Wildman–Crippen MR) is 144 cm³/mol. The largest absolute Gasteiger partial charge is 0.465 e. The fraction of sp³-hybridized carbons (Fsp3) is 0.250. The number of nitrogens with zero attached hydrogens (tertiary/aromatic N) is 2. The van der Waals surface area contributed by atoms with E-state index in [0.717, 1.165) is 5.56 Å². The molecule has 1 fully saturated rings. The lowest BCUT2D eigenvalue weighted by Gasteiger charge is -2.34. The number of anilines is 1. The summed E-state index contributed by atoms with van der Waals surface area (Å²) in [5.74, 6) is -1.72. The van der Waals surface area contributed by atoms with Crippen molar-refractivity contribution in [2.45, 2.75) is 11.4 Å². The molecule has 0 unspecified atom stereocenters. The molecule has 11 heteroatoms. The summed E-state index contributed by atoms with van der Waals surface area (Å²) in [6, 6.07) is 19.6. The fourth-order valence-corrected chi connectivity index (χ4v) is 5.71. The molecule has 10 nitrogen and oxygen atoms in total. The summed E-state index contributed by atoms with van der Waals surface area (Å²) in [7, 11) is -1.06. The van der Waals surface area contributed by atoms with E-state index in [9.17, 15) is 22.8 Å². The van der Waals surface area contributed by atoms with E-state index >= 15 is 0 Å². The summed E-state index contributed by atoms with van der Waals surface area (Å²) in [5, 5.41) is 2.70. The van der Waals surface area contributed by atoms with Crippen LogP contribution in [0.2, 0.25) is 0 Å². The highest BCUT2D eigenvalue weighted by atomic mass is 32.2. The van der Waals surface area contributed by atoms with E-state index in [4.69, 9.17) is 9.47 Å². The number of ether oxygens (including phenoxy) is 2. The van der Waals surface area contributed by atoms with Crippen molar-refractivity contribution < 1.29 is 32.3 Å². The van der Waals surface area contributed by atoms with E-state index in [1.807, 2.05) is 12.1 Å². The minimum absolute atomic E-state index is 0.0997. The molecule has 1 amide bonds. The van der Waals surface area contributed by atoms with Crippen LogP contribution < -0.4 is 5.32 Å². The highest BCUT2D eigenvalue weighted by Gasteiger charge is 2.28. The van der Waals surface area contributed by atoms with Crippen molar-refractivity contribution in [1.82, 2.24) is 9.21 Å². The van der Waals surface area contributed by atoms with Crippen molar-refractivity contribution in [3.8, 4) is 0 Å². The van der Waals surface area contributed by atoms with Crippen LogP contribution in [0.4, 0.5) is 5.69 Å². The van der Waals surface area contributed by atoms with Gasteiger partial charge in [-0.05, 0) is 48.0 Å². The molecule has 1 aliphatic rings. The molecule has 1 aliphatic heterocycles. The summed E-state index contributed by atoms with van der Waals surface area (Å²) in [6.45, 7) is 2.59. The van der Waals surface area contributed by atoms with Gasteiger partial charge in [-0.15, -0.1) is 0 Å². The number of nitrogens with one attached hydrogen (secondary N) is 1. The zero-order valence-corrected chi connectivity index (χ0v) is 22.4. The van der Waals surface area contributed by atoms with Crippen LogP contribution in [0.3, 0.4) is 0 Å². The van der Waals surface area contributed by atoms with Crippen molar-refractivity contribution >= 4 is 33.6 Å². The molecule has 0 atom stereocenters. The van der Waals surface area contributed by atoms with Crippen LogP contribution in [0.25, 0.3) is 0 Å². The molecule has 204 valence electrons. The monoisotopic (exact) mass is 551 g/mol. The zero-order valence-electron chi connectivity index (χ0n) is 21.6. The van der Waals surface area contributed by atoms with Crippen LogP contribution >= 0.6 is 0 Å². The van der Waals surface area contributed by atoms with Gasteiger partial charge in [-0.3, -0.25) is 9.69 Å². The summed E-state index contributed by atoms with van der Waals surface area (Å²) in [6.07, 6.45) is 0. The summed E-state index contributed by atoms with van der Waals surface area (Å²) >= 11 is 0. The number of rotatable bonds is 8. The highest BCUT2D eigenvalue weighted by molar-refractivity contribution is 7.89. The van der Waals surface area contributed by atoms with Gasteiger partial charge in [0.05, 0.1) is 30.2 Å². The Morgan fingerprint density at radius 3 is 1.87 bits per heavy atom. The van der Waals surface area contributed by atoms with Crippen molar-refractivity contribution in [2.24, 2.45) is 0 Å². The number of amides is 1. The lowest BCUT2D eigenvalue weighted by molar-refractivity contribution is 0.0598. The zero-order chi connectivity index (χ0) is 28.0. The van der Waals surface area contributed by atoms with E-state index in [1.165, 1.54) is 36.7 Å². The summed E-state index contributed by atoms with van der Waals surface area (Å²) < 4.78 is 36.6. The quantitative estimate of drug-likeness (QED) is 0.424. The Kier molecular flexibility index (Phi) is 8.75. The Morgan fingerprint density at radius 1 is 0.769 bits per heavy atom. The molecule has 1 N–H and O–H groups in total. The molecule has 4 rings (SSSR count). The normalized spacial score (nSPS) is 14.4. The van der Waals surface area contributed by atoms with Gasteiger partial charge < -0.3 is 14.8 Å². The Hall–Kier alpha value is -4.06. The number of carbonyl (C=O) groups excluding carboxylic acids is 3. The number of sulfonamides is 1. The first-order chi connectivity index (χ1) is 18.7. The number of carbonyl (C=O) groups is 3. The second-order valence-corrected chi connectivity index (χ2v) is 10.9. The number of hydrogen-bond acceptors (Lipinski definition) is 8. The van der Waals surface area contributed by atoms with Gasteiger partial charge in [-0.2, -0.15) is 4.31 Å². The smallest absolute Gasteiger partial charge is 0.337 e. The average molecular weight is 552 g/mol. The molecule has 1 saturated heterocycles. The van der Waals surface area contributed by atoms with Crippen LogP contribution in [0.5, 0.6) is 0 Å². The van der Waals surface area contributed by atoms with Crippen LogP contribution in [-0.2, 0) is 26.0 Å². The van der Waals surface area contributed by atoms with E-state index in [-0.39, 0.29) is 16.8 Å². The van der Waals surface area contributed by atoms with Gasteiger partial charge >= 0.3 is 11.9 Å². The number of benzene rings is 3. The van der Waals surface area contributed by atoms with Crippen molar-refractivity contribution in [3.05, 3.63) is 95.1 Å². The van der Waals surface area contributed by atoms with E-state index in [0.29, 0.717) is 43.2 Å². The van der Waals surface area contributed by atoms with Crippen molar-refractivity contribution in [3.63, 3.8) is 0 Å². The molecular formula is C28H29N3O7S. The van der Waals surface area contributed by atoms with E-state index in [1.54, 1.807) is 42.5 Å². The molecule has 0 aliphatic carbocycles. The third-order valence-corrected chi connectivity index (χ3v) is 8.28. The molecule has 3 aromatic rings. The van der Waals surface area contributed by atoms with Gasteiger partial charge in [0.2, 0.25) is 10.0 Å². The SMILES string of the molecule is COC(=O)c1cc(NC(=O)c2ccc(CN3CCN(S(=O)(=O)c4ccccc4)CC3)cc2)cc(C(=O)OC)c1. The van der Waals surface area contributed by atoms with Gasteiger partial charge in [0.15, 0.2) is 0 Å². The molecule has 0 spiro atoms. The fourth-order valence-electron chi connectivity index (χ4n) is 4.26. The van der Waals surface area contributed by atoms with Gasteiger partial charge in [-0.25, -0.2) is 18.0 Å². The first kappa shape index (κ1) is 28.0. The summed E-state index contributed by atoms with van der Waals surface area (Å²) in [5.41, 5.74) is 1.81. The Balaban J connectivity index is 1.36. The Bertz CT molecular complexity index is 1420. The maximum Gasteiger partial charge on any atom is 0.337 e. The summed E-state index contributed by atoms with van der Waals surface area (Å²) in [4.78, 5) is 39.3. The standard InChI is InChI=1S/C28H29N3O7S/c1-37-27(33)22-16-23(28(34)38-2)18-24(17-22)29-26(32)21-10-8-20(9-11-21)19-30-12-14-31(15-13-30)39(35,36)25-6-4-3-5-7-25/h3-11,16-18H,12-15,19H2,1-2H3,(H,29,32). The van der Waals surface area contributed by atoms with E-state index < -0.39 is 27.9 Å². The second kappa shape index (κ2) is 12.2. The average Bonchev–Trinajstić information content (AvgIpc) is 2.97. The molecule has 3 aromatic carbocycles. The van der Waals surface area contributed by atoms with Crippen LogP contribution in [0, 0.1) is 0 Å². The van der Waals surface area contributed by atoms with Crippen molar-refractivity contribution in [2.75, 3.05) is 45.7 Å². The first-order valence-corrected chi connectivity index (χ1v) is 13.6. The van der Waals surface area contributed by atoms with Crippen LogP contribution in [0.1, 0.15) is 36.6 Å². The molecular weight excluding hydrogens is 522 g/mol. The maximum atomic E-state index is 12.8. The number of esters is 2. The lowest BCUT2D eigenvalue weighted by Crippen LogP contribution is -2.48. The van der Waals surface area contributed by atoms with Gasteiger partial charge in [0.1, 0.15) is 0 Å². The number of piperazine rings is 1. The topological polar surface area (TPSA) is 122 Å². The second-order valence-electron chi connectivity index (χ2n) is 8.93. The third kappa shape index (κ3) is 6.69. The molecule has 1 heterocycles. The molecule has 0 saturated carbocycles. The molecule has 0 bridgehead atoms. The third-order valence-electron chi connectivity index (χ3n) is 6.37. The minimum Gasteiger partial charge on any atom is -0.465 e. The Morgan fingerprint density at radius 2 is 1.33 bits per heavy atom. The Labute approximate surface area is 227 Å². The van der Waals surface area contributed by atoms with Crippen LogP contribution in [0.15, 0.2) is 77.7 Å². The minimum atomic E-state index is -3.51. The number of hydrogen-bond donors (Lipinski definition) is 1. The molecule has 39 heavy (non-hydrogen) atoms. The highest BCUT2D eigenvalue weighted by Crippen LogP contribution is 2.20. The van der Waals surface area contributed by atoms with Gasteiger partial charge in [-0.1, -0.05) is 30.3 Å². The van der Waals surface area contributed by atoms with Gasteiger partial charge in [0, 0.05) is 44.0 Å². The first-order valence-electron chi connectivity index (χ1n) is 12.2. The maximum absolute atomic E-state index is 12.8. The van der Waals surface area contributed by atoms with Crippen molar-refractivity contribution in [1.29, 1.82) is 0 Å². The molecule has 0 aromatic heterocycles.